The van der Waals surface area contributed by atoms with Gasteiger partial charge in [0.05, 0.1) is 0 Å². The molecule has 3 aliphatic carbocycles. The Hall–Kier alpha value is -1.70. The van der Waals surface area contributed by atoms with E-state index < -0.39 is 29.9 Å². The summed E-state index contributed by atoms with van der Waals surface area (Å²) >= 11 is 0. The van der Waals surface area contributed by atoms with Crippen LogP contribution in [-0.4, -0.2) is 51.9 Å². The quantitative estimate of drug-likeness (QED) is 0.504. The van der Waals surface area contributed by atoms with Gasteiger partial charge in [-0.15, -0.1) is 0 Å². The van der Waals surface area contributed by atoms with Crippen LogP contribution in [-0.2, 0) is 19.1 Å². The molecule has 7 heteroatoms. The maximum Gasteiger partial charge on any atom is 0.334 e. The average molecular weight is 491 g/mol. The monoisotopic (exact) mass is 490 g/mol. The molecule has 0 saturated heterocycles. The van der Waals surface area contributed by atoms with E-state index in [0.717, 1.165) is 19.3 Å². The summed E-state index contributed by atoms with van der Waals surface area (Å²) in [4.78, 5) is 23.7. The molecule has 8 atom stereocenters. The van der Waals surface area contributed by atoms with Gasteiger partial charge in [0.15, 0.2) is 0 Å². The fourth-order valence-corrected chi connectivity index (χ4v) is 8.52. The lowest BCUT2D eigenvalue weighted by molar-refractivity contribution is -0.216. The van der Waals surface area contributed by atoms with Crippen molar-refractivity contribution in [2.75, 3.05) is 6.61 Å². The number of hydrogen-bond donors (Lipinski definition) is 3. The Morgan fingerprint density at radius 3 is 2.46 bits per heavy atom. The van der Waals surface area contributed by atoms with Crippen molar-refractivity contribution < 1.29 is 34.4 Å². The summed E-state index contributed by atoms with van der Waals surface area (Å²) in [7, 11) is 0. The fourth-order valence-electron chi connectivity index (χ4n) is 8.52. The van der Waals surface area contributed by atoms with Gasteiger partial charge in [-0.1, -0.05) is 46.3 Å². The maximum atomic E-state index is 12.1. The largest absolute Gasteiger partial charge is 0.461 e. The highest BCUT2D eigenvalue weighted by Gasteiger charge is 2.64. The SMILES string of the molecule is CC(O)C(=O)OCC1(O)CCC2C3(C)CCCC(C)(C)C3CCC2(C)C1C=CC1=CC(=O)OC1O. The van der Waals surface area contributed by atoms with Crippen molar-refractivity contribution in [3.05, 3.63) is 23.8 Å². The lowest BCUT2D eigenvalue weighted by Gasteiger charge is -2.67. The van der Waals surface area contributed by atoms with Gasteiger partial charge >= 0.3 is 11.9 Å². The molecule has 196 valence electrons. The zero-order valence-corrected chi connectivity index (χ0v) is 21.8. The van der Waals surface area contributed by atoms with E-state index in [1.165, 1.54) is 32.3 Å². The molecule has 4 aliphatic rings. The van der Waals surface area contributed by atoms with Gasteiger partial charge in [-0.25, -0.2) is 9.59 Å². The predicted molar refractivity (Wildman–Crippen MR) is 130 cm³/mol. The van der Waals surface area contributed by atoms with Crippen LogP contribution in [0.2, 0.25) is 0 Å². The van der Waals surface area contributed by atoms with Gasteiger partial charge in [0.2, 0.25) is 6.29 Å². The lowest BCUT2D eigenvalue weighted by Crippen LogP contribution is -2.63. The van der Waals surface area contributed by atoms with Crippen molar-refractivity contribution in [2.24, 2.45) is 34.0 Å². The van der Waals surface area contributed by atoms with E-state index in [4.69, 9.17) is 9.47 Å². The van der Waals surface area contributed by atoms with Crippen molar-refractivity contribution >= 4 is 11.9 Å². The molecule has 0 aromatic heterocycles. The summed E-state index contributed by atoms with van der Waals surface area (Å²) in [5, 5.41) is 31.6. The number of fused-ring (bicyclic) bond motifs is 3. The number of cyclic esters (lactones) is 1. The number of aliphatic hydroxyl groups excluding tert-OH is 2. The second kappa shape index (κ2) is 9.00. The first-order chi connectivity index (χ1) is 16.2. The molecule has 0 radical (unpaired) electrons. The van der Waals surface area contributed by atoms with E-state index in [1.807, 2.05) is 6.08 Å². The van der Waals surface area contributed by atoms with Gasteiger partial charge in [0, 0.05) is 17.6 Å². The molecule has 8 unspecified atom stereocenters. The van der Waals surface area contributed by atoms with Gasteiger partial charge in [0.25, 0.3) is 0 Å². The molecular weight excluding hydrogens is 448 g/mol. The molecule has 3 N–H and O–H groups in total. The molecule has 1 aliphatic heterocycles. The number of aliphatic hydroxyl groups is 3. The van der Waals surface area contributed by atoms with E-state index in [0.29, 0.717) is 23.8 Å². The molecule has 0 spiro atoms. The standard InChI is InChI=1S/C28H42O7/c1-17(29)23(31)34-16-28(33)14-10-20-26(4)12-6-11-25(2,3)19(26)9-13-27(20,5)21(28)8-7-18-15-22(30)35-24(18)32/h7-8,15,17,19-21,24,29,32-33H,6,9-14,16H2,1-5H3. The first kappa shape index (κ1) is 26.4. The van der Waals surface area contributed by atoms with Crippen LogP contribution in [0.3, 0.4) is 0 Å². The normalized spacial score (nSPS) is 43.7. The topological polar surface area (TPSA) is 113 Å². The summed E-state index contributed by atoms with van der Waals surface area (Å²) < 4.78 is 10.2. The summed E-state index contributed by atoms with van der Waals surface area (Å²) in [5.41, 5.74) is -0.827. The van der Waals surface area contributed by atoms with Gasteiger partial charge < -0.3 is 24.8 Å². The van der Waals surface area contributed by atoms with Crippen LogP contribution in [0.4, 0.5) is 0 Å². The number of hydrogen-bond acceptors (Lipinski definition) is 7. The highest BCUT2D eigenvalue weighted by atomic mass is 16.6. The first-order valence-corrected chi connectivity index (χ1v) is 13.1. The lowest BCUT2D eigenvalue weighted by atomic mass is 9.38. The Kier molecular flexibility index (Phi) is 6.78. The van der Waals surface area contributed by atoms with Crippen LogP contribution >= 0.6 is 0 Å². The van der Waals surface area contributed by atoms with Crippen molar-refractivity contribution in [1.29, 1.82) is 0 Å². The molecular formula is C28H42O7. The van der Waals surface area contributed by atoms with Crippen LogP contribution in [0.1, 0.15) is 79.6 Å². The molecule has 1 heterocycles. The average Bonchev–Trinajstić information content (AvgIpc) is 3.07. The molecule has 0 aromatic rings. The summed E-state index contributed by atoms with van der Waals surface area (Å²) in [6, 6.07) is 0. The van der Waals surface area contributed by atoms with Crippen LogP contribution in [0, 0.1) is 34.0 Å². The Bertz CT molecular complexity index is 920. The first-order valence-electron chi connectivity index (χ1n) is 13.1. The Morgan fingerprint density at radius 2 is 1.83 bits per heavy atom. The highest BCUT2D eigenvalue weighted by molar-refractivity contribution is 5.86. The van der Waals surface area contributed by atoms with Gasteiger partial charge in [0.1, 0.15) is 18.3 Å². The number of carbonyl (C=O) groups excluding carboxylic acids is 2. The second-order valence-electron chi connectivity index (χ2n) is 12.7. The van der Waals surface area contributed by atoms with Crippen molar-refractivity contribution in [1.82, 2.24) is 0 Å². The molecule has 7 nitrogen and oxygen atoms in total. The summed E-state index contributed by atoms with van der Waals surface area (Å²) in [5.74, 6) is -0.746. The third-order valence-electron chi connectivity index (χ3n) is 10.1. The van der Waals surface area contributed by atoms with E-state index in [2.05, 4.69) is 27.7 Å². The van der Waals surface area contributed by atoms with Gasteiger partial charge in [-0.3, -0.25) is 0 Å². The van der Waals surface area contributed by atoms with Crippen molar-refractivity contribution in [2.45, 2.75) is 97.6 Å². The number of carbonyl (C=O) groups is 2. The smallest absolute Gasteiger partial charge is 0.334 e. The Balaban J connectivity index is 1.71. The van der Waals surface area contributed by atoms with Crippen LogP contribution < -0.4 is 0 Å². The Labute approximate surface area is 208 Å². The third-order valence-corrected chi connectivity index (χ3v) is 10.1. The number of ether oxygens (including phenoxy) is 2. The van der Waals surface area contributed by atoms with E-state index in [9.17, 15) is 24.9 Å². The minimum Gasteiger partial charge on any atom is -0.461 e. The minimum atomic E-state index is -1.32. The van der Waals surface area contributed by atoms with E-state index >= 15 is 0 Å². The second-order valence-corrected chi connectivity index (χ2v) is 12.7. The molecule has 3 saturated carbocycles. The molecule has 0 bridgehead atoms. The zero-order valence-electron chi connectivity index (χ0n) is 21.8. The molecule has 35 heavy (non-hydrogen) atoms. The van der Waals surface area contributed by atoms with Crippen molar-refractivity contribution in [3.8, 4) is 0 Å². The minimum absolute atomic E-state index is 0.143. The molecule has 0 aromatic carbocycles. The fraction of sp³-hybridized carbons (Fsp3) is 0.786. The van der Waals surface area contributed by atoms with Crippen LogP contribution in [0.25, 0.3) is 0 Å². The number of esters is 2. The third kappa shape index (κ3) is 4.49. The molecule has 4 rings (SSSR count). The van der Waals surface area contributed by atoms with Crippen LogP contribution in [0.15, 0.2) is 23.8 Å². The highest BCUT2D eigenvalue weighted by Crippen LogP contribution is 2.69. The van der Waals surface area contributed by atoms with E-state index in [1.54, 1.807) is 6.08 Å². The van der Waals surface area contributed by atoms with Gasteiger partial charge in [-0.2, -0.15) is 0 Å². The zero-order chi connectivity index (χ0) is 25.8. The predicted octanol–water partition coefficient (Wildman–Crippen LogP) is 3.66. The van der Waals surface area contributed by atoms with Crippen LogP contribution in [0.5, 0.6) is 0 Å². The van der Waals surface area contributed by atoms with Crippen molar-refractivity contribution in [3.63, 3.8) is 0 Å². The number of rotatable bonds is 5. The maximum absolute atomic E-state index is 12.1. The summed E-state index contributed by atoms with van der Waals surface area (Å²) in [6.45, 7) is 10.6. The van der Waals surface area contributed by atoms with E-state index in [-0.39, 0.29) is 28.8 Å². The summed E-state index contributed by atoms with van der Waals surface area (Å²) in [6.07, 6.45) is 9.14. The molecule has 3 fully saturated rings. The molecule has 0 amide bonds. The van der Waals surface area contributed by atoms with Gasteiger partial charge in [-0.05, 0) is 73.5 Å². The Morgan fingerprint density at radius 1 is 1.14 bits per heavy atom.